The molecule has 9 heteroatoms. The molecule has 0 aliphatic carbocycles. The number of nitrogen functional groups attached to an aromatic ring is 1. The number of carbonyl (C=O) groups is 1. The van der Waals surface area contributed by atoms with Crippen LogP contribution in [0, 0.1) is 0 Å². The van der Waals surface area contributed by atoms with Crippen LogP contribution >= 0.6 is 0 Å². The van der Waals surface area contributed by atoms with Gasteiger partial charge in [0.15, 0.2) is 5.69 Å². The fraction of sp³-hybridized carbons (Fsp3) is 0.412. The maximum absolute atomic E-state index is 12.9. The third-order valence-electron chi connectivity index (χ3n) is 3.86. The summed E-state index contributed by atoms with van der Waals surface area (Å²) in [6, 6.07) is 4.31. The van der Waals surface area contributed by atoms with Crippen molar-refractivity contribution < 1.29 is 22.7 Å². The van der Waals surface area contributed by atoms with Crippen LogP contribution in [-0.4, -0.2) is 21.4 Å². The number of hydrogen-bond acceptors (Lipinski definition) is 5. The van der Waals surface area contributed by atoms with Gasteiger partial charge in [0.2, 0.25) is 0 Å². The molecule has 3 N–H and O–H groups in total. The number of esters is 1. The Morgan fingerprint density at radius 3 is 2.62 bits per heavy atom. The second-order valence-corrected chi connectivity index (χ2v) is 7.11. The summed E-state index contributed by atoms with van der Waals surface area (Å²) >= 11 is 0. The zero-order chi connectivity index (χ0) is 19.3. The minimum absolute atomic E-state index is 0.378. The Balaban J connectivity index is 1.94. The maximum Gasteiger partial charge on any atom is 0.437 e. The van der Waals surface area contributed by atoms with E-state index in [2.05, 4.69) is 10.4 Å². The largest absolute Gasteiger partial charge is 0.459 e. The molecule has 1 aliphatic heterocycles. The SMILES string of the molecule is CC(C)(C)OC(=O)C1NCc2ccc(-n3cc(N)c(C(F)(F)F)n3)cc21. The Bertz CT molecular complexity index is 853. The molecule has 1 unspecified atom stereocenters. The number of nitrogens with one attached hydrogen (secondary N) is 1. The van der Waals surface area contributed by atoms with Crippen LogP contribution in [0.1, 0.15) is 43.6 Å². The molecular formula is C17H19F3N4O2. The molecule has 0 bridgehead atoms. The van der Waals surface area contributed by atoms with Gasteiger partial charge >= 0.3 is 12.1 Å². The smallest absolute Gasteiger partial charge is 0.437 e. The van der Waals surface area contributed by atoms with Gasteiger partial charge in [-0.15, -0.1) is 0 Å². The Labute approximate surface area is 148 Å². The van der Waals surface area contributed by atoms with Crippen molar-refractivity contribution >= 4 is 11.7 Å². The lowest BCUT2D eigenvalue weighted by Crippen LogP contribution is -2.31. The molecule has 0 saturated heterocycles. The standard InChI is InChI=1S/C17H19F3N4O2/c1-16(2,3)26-15(25)13-11-6-10(5-4-9(11)7-22-13)24-8-12(21)14(23-24)17(18,19)20/h4-6,8,13,22H,7,21H2,1-3H3. The number of nitrogens with two attached hydrogens (primary N) is 1. The van der Waals surface area contributed by atoms with Crippen LogP contribution in [0.5, 0.6) is 0 Å². The number of benzene rings is 1. The lowest BCUT2D eigenvalue weighted by atomic mass is 10.0. The van der Waals surface area contributed by atoms with E-state index in [1.165, 1.54) is 0 Å². The summed E-state index contributed by atoms with van der Waals surface area (Å²) in [5, 5.41) is 6.59. The van der Waals surface area contributed by atoms with E-state index in [9.17, 15) is 18.0 Å². The number of hydrogen-bond donors (Lipinski definition) is 2. The topological polar surface area (TPSA) is 82.2 Å². The third-order valence-corrected chi connectivity index (χ3v) is 3.86. The van der Waals surface area contributed by atoms with Gasteiger partial charge in [0, 0.05) is 6.54 Å². The molecular weight excluding hydrogens is 349 g/mol. The van der Waals surface area contributed by atoms with Gasteiger partial charge in [-0.05, 0) is 44.0 Å². The molecule has 0 radical (unpaired) electrons. The van der Waals surface area contributed by atoms with Crippen LogP contribution in [-0.2, 0) is 22.3 Å². The van der Waals surface area contributed by atoms with Crippen molar-refractivity contribution in [1.29, 1.82) is 0 Å². The van der Waals surface area contributed by atoms with Crippen LogP contribution in [0.2, 0.25) is 0 Å². The van der Waals surface area contributed by atoms with Crippen molar-refractivity contribution in [2.24, 2.45) is 0 Å². The van der Waals surface area contributed by atoms with E-state index in [0.717, 1.165) is 16.4 Å². The van der Waals surface area contributed by atoms with Gasteiger partial charge < -0.3 is 10.5 Å². The summed E-state index contributed by atoms with van der Waals surface area (Å²) in [5.41, 5.74) is 5.10. The minimum Gasteiger partial charge on any atom is -0.459 e. The van der Waals surface area contributed by atoms with E-state index in [1.54, 1.807) is 39.0 Å². The Kier molecular flexibility index (Phi) is 4.22. The monoisotopic (exact) mass is 368 g/mol. The second kappa shape index (κ2) is 6.01. The fourth-order valence-corrected chi connectivity index (χ4v) is 2.79. The predicted molar refractivity (Wildman–Crippen MR) is 88.4 cm³/mol. The molecule has 1 aliphatic rings. The quantitative estimate of drug-likeness (QED) is 0.797. The molecule has 2 aromatic rings. The van der Waals surface area contributed by atoms with E-state index in [1.807, 2.05) is 0 Å². The molecule has 140 valence electrons. The van der Waals surface area contributed by atoms with E-state index in [0.29, 0.717) is 17.8 Å². The summed E-state index contributed by atoms with van der Waals surface area (Å²) < 4.78 is 45.1. The van der Waals surface area contributed by atoms with Crippen molar-refractivity contribution in [2.75, 3.05) is 5.73 Å². The molecule has 1 atom stereocenters. The molecule has 2 heterocycles. The van der Waals surface area contributed by atoms with Crippen LogP contribution in [0.25, 0.3) is 5.69 Å². The number of rotatable bonds is 2. The molecule has 0 saturated carbocycles. The normalized spacial score (nSPS) is 17.2. The first-order valence-electron chi connectivity index (χ1n) is 7.97. The first-order chi connectivity index (χ1) is 12.0. The van der Waals surface area contributed by atoms with Crippen molar-refractivity contribution in [3.05, 3.63) is 41.2 Å². The summed E-state index contributed by atoms with van der Waals surface area (Å²) in [6.07, 6.45) is -3.53. The number of nitrogens with zero attached hydrogens (tertiary/aromatic N) is 2. The zero-order valence-electron chi connectivity index (χ0n) is 14.5. The van der Waals surface area contributed by atoms with Gasteiger partial charge in [-0.25, -0.2) is 9.48 Å². The fourth-order valence-electron chi connectivity index (χ4n) is 2.79. The van der Waals surface area contributed by atoms with E-state index < -0.39 is 35.2 Å². The lowest BCUT2D eigenvalue weighted by molar-refractivity contribution is -0.157. The summed E-state index contributed by atoms with van der Waals surface area (Å²) in [7, 11) is 0. The van der Waals surface area contributed by atoms with Gasteiger partial charge in [-0.2, -0.15) is 18.3 Å². The first kappa shape index (κ1) is 18.2. The highest BCUT2D eigenvalue weighted by molar-refractivity contribution is 5.80. The summed E-state index contributed by atoms with van der Waals surface area (Å²) in [5.74, 6) is -0.440. The molecule has 6 nitrogen and oxygen atoms in total. The Hall–Kier alpha value is -2.55. The molecule has 1 aromatic carbocycles. The van der Waals surface area contributed by atoms with E-state index in [-0.39, 0.29) is 0 Å². The average molecular weight is 368 g/mol. The van der Waals surface area contributed by atoms with Crippen molar-refractivity contribution in [3.8, 4) is 5.69 Å². The number of anilines is 1. The summed E-state index contributed by atoms with van der Waals surface area (Å²) in [4.78, 5) is 12.4. The van der Waals surface area contributed by atoms with Gasteiger partial charge in [-0.3, -0.25) is 5.32 Å². The van der Waals surface area contributed by atoms with Crippen molar-refractivity contribution in [3.63, 3.8) is 0 Å². The Morgan fingerprint density at radius 2 is 2.04 bits per heavy atom. The summed E-state index contributed by atoms with van der Waals surface area (Å²) in [6.45, 7) is 5.77. The number of carbonyl (C=O) groups excluding carboxylic acids is 1. The number of fused-ring (bicyclic) bond motifs is 1. The van der Waals surface area contributed by atoms with Crippen LogP contribution < -0.4 is 11.1 Å². The van der Waals surface area contributed by atoms with Crippen LogP contribution in [0.15, 0.2) is 24.4 Å². The van der Waals surface area contributed by atoms with Gasteiger partial charge in [0.25, 0.3) is 0 Å². The number of ether oxygens (including phenoxy) is 1. The predicted octanol–water partition coefficient (Wildman–Crippen LogP) is 2.96. The molecule has 26 heavy (non-hydrogen) atoms. The number of alkyl halides is 3. The van der Waals surface area contributed by atoms with Gasteiger partial charge in [0.05, 0.1) is 17.6 Å². The first-order valence-corrected chi connectivity index (χ1v) is 7.97. The van der Waals surface area contributed by atoms with E-state index in [4.69, 9.17) is 10.5 Å². The Morgan fingerprint density at radius 1 is 1.35 bits per heavy atom. The number of aromatic nitrogens is 2. The molecule has 0 amide bonds. The third kappa shape index (κ3) is 3.52. The lowest BCUT2D eigenvalue weighted by Gasteiger charge is -2.22. The molecule has 1 aromatic heterocycles. The van der Waals surface area contributed by atoms with E-state index >= 15 is 0 Å². The minimum atomic E-state index is -4.63. The molecule has 0 fully saturated rings. The molecule has 3 rings (SSSR count). The highest BCUT2D eigenvalue weighted by Crippen LogP contribution is 2.34. The highest BCUT2D eigenvalue weighted by Gasteiger charge is 2.37. The van der Waals surface area contributed by atoms with Crippen molar-refractivity contribution in [2.45, 2.75) is 45.1 Å². The highest BCUT2D eigenvalue weighted by atomic mass is 19.4. The van der Waals surface area contributed by atoms with Crippen molar-refractivity contribution in [1.82, 2.24) is 15.1 Å². The van der Waals surface area contributed by atoms with Gasteiger partial charge in [0.1, 0.15) is 11.6 Å². The second-order valence-electron chi connectivity index (χ2n) is 7.11. The maximum atomic E-state index is 12.9. The van der Waals surface area contributed by atoms with Gasteiger partial charge in [-0.1, -0.05) is 6.07 Å². The zero-order valence-corrected chi connectivity index (χ0v) is 14.5. The van der Waals surface area contributed by atoms with Crippen LogP contribution in [0.4, 0.5) is 18.9 Å². The average Bonchev–Trinajstić information content (AvgIpc) is 3.07. The number of halogens is 3. The molecule has 0 spiro atoms. The van der Waals surface area contributed by atoms with Crippen LogP contribution in [0.3, 0.4) is 0 Å².